The number of anilines is 1. The van der Waals surface area contributed by atoms with E-state index in [0.29, 0.717) is 21.4 Å². The Hall–Kier alpha value is -2.49. The number of carbonyl (C=O) groups excluding carboxylic acids is 1. The fraction of sp³-hybridized carbons (Fsp3) is 0.300. The number of thiazole rings is 1. The van der Waals surface area contributed by atoms with E-state index in [1.807, 2.05) is 0 Å². The van der Waals surface area contributed by atoms with E-state index in [9.17, 15) is 9.59 Å². The second-order valence-electron chi connectivity index (χ2n) is 3.95. The number of nitrogens with zero attached hydrogens (tertiary/aromatic N) is 4. The van der Waals surface area contributed by atoms with Crippen LogP contribution in [-0.4, -0.2) is 37.0 Å². The molecule has 0 spiro atoms. The average molecular weight is 296 g/mol. The van der Waals surface area contributed by atoms with E-state index >= 15 is 0 Å². The van der Waals surface area contributed by atoms with Gasteiger partial charge in [0.2, 0.25) is 0 Å². The van der Waals surface area contributed by atoms with Gasteiger partial charge in [-0.05, 0) is 6.92 Å². The van der Waals surface area contributed by atoms with Crippen LogP contribution >= 0.6 is 11.3 Å². The van der Waals surface area contributed by atoms with Crippen molar-refractivity contribution in [3.8, 4) is 0 Å². The molecule has 106 valence electrons. The van der Waals surface area contributed by atoms with E-state index in [1.165, 1.54) is 10.9 Å². The maximum Gasteiger partial charge on any atom is 0.325 e. The van der Waals surface area contributed by atoms with Gasteiger partial charge in [0.25, 0.3) is 5.91 Å². The minimum atomic E-state index is -1.01. The van der Waals surface area contributed by atoms with Gasteiger partial charge in [0.05, 0.1) is 18.4 Å². The molecule has 0 saturated heterocycles. The number of nitrogens with one attached hydrogen (secondary N) is 1. The van der Waals surface area contributed by atoms with Gasteiger partial charge < -0.3 is 16.2 Å². The molecule has 20 heavy (non-hydrogen) atoms. The quantitative estimate of drug-likeness (QED) is 0.685. The first-order valence-electron chi connectivity index (χ1n) is 5.57. The van der Waals surface area contributed by atoms with Crippen molar-refractivity contribution in [2.45, 2.75) is 20.0 Å². The third kappa shape index (κ3) is 3.29. The van der Waals surface area contributed by atoms with E-state index in [1.54, 1.807) is 6.92 Å². The predicted molar refractivity (Wildman–Crippen MR) is 70.1 cm³/mol. The molecule has 0 fully saturated rings. The van der Waals surface area contributed by atoms with Crippen LogP contribution in [-0.2, 0) is 17.9 Å². The minimum Gasteiger partial charge on any atom is -0.480 e. The molecular formula is C10H12N6O3S. The molecule has 0 aliphatic carbocycles. The zero-order valence-corrected chi connectivity index (χ0v) is 11.3. The summed E-state index contributed by atoms with van der Waals surface area (Å²) >= 11 is 1.11. The number of nitrogens with two attached hydrogens (primary N) is 1. The number of aryl methyl sites for hydroxylation is 1. The van der Waals surface area contributed by atoms with Gasteiger partial charge in [0, 0.05) is 0 Å². The third-order valence-electron chi connectivity index (χ3n) is 2.33. The smallest absolute Gasteiger partial charge is 0.325 e. The lowest BCUT2D eigenvalue weighted by molar-refractivity contribution is -0.137. The molecule has 0 aliphatic heterocycles. The van der Waals surface area contributed by atoms with Crippen LogP contribution in [0.5, 0.6) is 0 Å². The van der Waals surface area contributed by atoms with Crippen molar-refractivity contribution in [1.82, 2.24) is 25.3 Å². The number of carboxylic acids is 1. The molecule has 2 heterocycles. The lowest BCUT2D eigenvalue weighted by atomic mass is 10.3. The zero-order chi connectivity index (χ0) is 14.7. The van der Waals surface area contributed by atoms with Crippen LogP contribution in [0.4, 0.5) is 5.13 Å². The summed E-state index contributed by atoms with van der Waals surface area (Å²) in [5.74, 6) is -1.31. The molecule has 0 radical (unpaired) electrons. The fourth-order valence-corrected chi connectivity index (χ4v) is 2.26. The molecule has 0 unspecified atom stereocenters. The van der Waals surface area contributed by atoms with Crippen LogP contribution in [0, 0.1) is 6.92 Å². The van der Waals surface area contributed by atoms with E-state index in [2.05, 4.69) is 20.6 Å². The van der Waals surface area contributed by atoms with Gasteiger partial charge in [-0.2, -0.15) is 0 Å². The Bertz CT molecular complexity index is 649. The predicted octanol–water partition coefficient (Wildman–Crippen LogP) is -0.360. The molecule has 0 bridgehead atoms. The van der Waals surface area contributed by atoms with E-state index in [4.69, 9.17) is 10.8 Å². The molecule has 10 heteroatoms. The summed E-state index contributed by atoms with van der Waals surface area (Å²) in [6.07, 6.45) is 1.46. The van der Waals surface area contributed by atoms with E-state index < -0.39 is 5.97 Å². The van der Waals surface area contributed by atoms with Crippen LogP contribution < -0.4 is 11.1 Å². The highest BCUT2D eigenvalue weighted by Crippen LogP contribution is 2.19. The molecule has 0 aromatic carbocycles. The second kappa shape index (κ2) is 5.65. The summed E-state index contributed by atoms with van der Waals surface area (Å²) in [6.45, 7) is 1.58. The Labute approximate surface area is 117 Å². The Morgan fingerprint density at radius 1 is 1.55 bits per heavy atom. The highest BCUT2D eigenvalue weighted by atomic mass is 32.1. The molecule has 0 aliphatic rings. The number of hydrogen-bond acceptors (Lipinski definition) is 7. The number of aromatic nitrogens is 4. The SMILES string of the molecule is Cc1nc(N)sc1C(=O)NCc1cn(CC(=O)O)nn1. The molecule has 9 nitrogen and oxygen atoms in total. The molecule has 2 aromatic rings. The average Bonchev–Trinajstić information content (AvgIpc) is 2.92. The Balaban J connectivity index is 1.95. The third-order valence-corrected chi connectivity index (χ3v) is 3.32. The van der Waals surface area contributed by atoms with Crippen molar-refractivity contribution in [3.63, 3.8) is 0 Å². The largest absolute Gasteiger partial charge is 0.480 e. The number of carboxylic acid groups (broad SMARTS) is 1. The standard InChI is InChI=1S/C10H12N6O3S/c1-5-8(20-10(11)13-5)9(19)12-2-6-3-16(15-14-6)4-7(17)18/h3H,2,4H2,1H3,(H2,11,13)(H,12,19)(H,17,18). The van der Waals surface area contributed by atoms with Crippen molar-refractivity contribution in [2.24, 2.45) is 0 Å². The molecule has 2 aromatic heterocycles. The van der Waals surface area contributed by atoms with Crippen molar-refractivity contribution >= 4 is 28.3 Å². The highest BCUT2D eigenvalue weighted by Gasteiger charge is 2.14. The number of amides is 1. The van der Waals surface area contributed by atoms with Gasteiger partial charge in [0.1, 0.15) is 17.1 Å². The monoisotopic (exact) mass is 296 g/mol. The number of aliphatic carboxylic acids is 1. The minimum absolute atomic E-state index is 0.149. The summed E-state index contributed by atoms with van der Waals surface area (Å²) in [5, 5.41) is 19.0. The topological polar surface area (TPSA) is 136 Å². The maximum absolute atomic E-state index is 11.9. The highest BCUT2D eigenvalue weighted by molar-refractivity contribution is 7.17. The number of rotatable bonds is 5. The molecule has 0 atom stereocenters. The lowest BCUT2D eigenvalue weighted by Gasteiger charge is -2.00. The van der Waals surface area contributed by atoms with Gasteiger partial charge in [-0.15, -0.1) is 5.10 Å². The summed E-state index contributed by atoms with van der Waals surface area (Å²) in [4.78, 5) is 26.8. The van der Waals surface area contributed by atoms with Crippen LogP contribution in [0.25, 0.3) is 0 Å². The molecular weight excluding hydrogens is 284 g/mol. The van der Waals surface area contributed by atoms with Crippen molar-refractivity contribution in [3.05, 3.63) is 22.5 Å². The van der Waals surface area contributed by atoms with Gasteiger partial charge >= 0.3 is 5.97 Å². The van der Waals surface area contributed by atoms with Gasteiger partial charge in [-0.1, -0.05) is 16.6 Å². The van der Waals surface area contributed by atoms with Crippen LogP contribution in [0.1, 0.15) is 21.1 Å². The van der Waals surface area contributed by atoms with Crippen LogP contribution in [0.2, 0.25) is 0 Å². The first-order valence-corrected chi connectivity index (χ1v) is 6.39. The number of nitrogen functional groups attached to an aromatic ring is 1. The van der Waals surface area contributed by atoms with Gasteiger partial charge in [-0.25, -0.2) is 9.67 Å². The van der Waals surface area contributed by atoms with Crippen molar-refractivity contribution in [2.75, 3.05) is 5.73 Å². The summed E-state index contributed by atoms with van der Waals surface area (Å²) in [7, 11) is 0. The second-order valence-corrected chi connectivity index (χ2v) is 4.98. The molecule has 0 saturated carbocycles. The summed E-state index contributed by atoms with van der Waals surface area (Å²) < 4.78 is 1.18. The summed E-state index contributed by atoms with van der Waals surface area (Å²) in [6, 6.07) is 0. The normalized spacial score (nSPS) is 10.4. The Morgan fingerprint density at radius 3 is 2.90 bits per heavy atom. The molecule has 4 N–H and O–H groups in total. The zero-order valence-electron chi connectivity index (χ0n) is 10.5. The first-order chi connectivity index (χ1) is 9.45. The van der Waals surface area contributed by atoms with Gasteiger partial charge in [-0.3, -0.25) is 9.59 Å². The van der Waals surface area contributed by atoms with Crippen molar-refractivity contribution < 1.29 is 14.7 Å². The van der Waals surface area contributed by atoms with Gasteiger partial charge in [0.15, 0.2) is 5.13 Å². The van der Waals surface area contributed by atoms with E-state index in [0.717, 1.165) is 11.3 Å². The number of hydrogen-bond donors (Lipinski definition) is 3. The fourth-order valence-electron chi connectivity index (χ4n) is 1.51. The van der Waals surface area contributed by atoms with Crippen LogP contribution in [0.15, 0.2) is 6.20 Å². The summed E-state index contributed by atoms with van der Waals surface area (Å²) in [5.41, 5.74) is 6.56. The van der Waals surface area contributed by atoms with E-state index in [-0.39, 0.29) is 19.0 Å². The van der Waals surface area contributed by atoms with Crippen LogP contribution in [0.3, 0.4) is 0 Å². The van der Waals surface area contributed by atoms with Crippen molar-refractivity contribution in [1.29, 1.82) is 0 Å². The lowest BCUT2D eigenvalue weighted by Crippen LogP contribution is -2.22. The first kappa shape index (κ1) is 13.9. The Morgan fingerprint density at radius 2 is 2.30 bits per heavy atom. The molecule has 2 rings (SSSR count). The maximum atomic E-state index is 11.9. The Kier molecular flexibility index (Phi) is 3.94. The molecule has 1 amide bonds. The number of carbonyl (C=O) groups is 2.